The van der Waals surface area contributed by atoms with Crippen molar-refractivity contribution in [1.29, 1.82) is 0 Å². The summed E-state index contributed by atoms with van der Waals surface area (Å²) in [4.78, 5) is 169. The molecule has 6 rings (SSSR count). The van der Waals surface area contributed by atoms with E-state index in [9.17, 15) is 63.0 Å². The smallest absolute Gasteiger partial charge is 0.349 e. The standard InChI is InChI=1S/C59H105N17O11.C19H22NO4S2.C2H4O.BrH/c1-7-13-22-40(51(81)68-36-48(78)69-47(49(61)79)35-37-29-31-38(77)32-30-37)71-53(83)42(24-15-9-3)73-55(85)44(26-17-11-5)75-57(87)46(28-20-34-67-59(64)65)76-56(86)45(27-18-12-6)74-54(84)43(25-16-10-4)72-52(82)41(23-14-8-2)70-50(80)39(60)21-19-33-66-58(62)63;1-20(2)12-9-11(10-13(20)17-16(12)24-17)23-18(21)19(22,14-5-3-7-25-14)15-6-4-8-26-15;1-2-3;/h29-32,39-47,77H,7-28,33-36,60H2,1-6H3,(H2,61,79)(H,68,81)(H,69,78)(H,70,80)(H,71,83)(H,72,82)(H,73,85)(H,74,84)(H,75,87)(H,76,86)(H4,62,63,66)(H4,64,65,67);3-8,11-13,16-17,22H,9-10H2,1-2H3;2H,1H3;1H/q;+1;;/p-1/t39-,40-,41-,42-,43-,44-,45-,46-,47-;;;/m1.../s1. The fourth-order valence-electron chi connectivity index (χ4n) is 13.9. The molecule has 0 aliphatic carbocycles. The second kappa shape index (κ2) is 53.5. The molecule has 0 radical (unpaired) electrons. The number of likely N-dealkylation sites (N-methyl/N-ethyl adjacent to an activating group) is 1. The monoisotopic (exact) mass is 1740 g/mol. The van der Waals surface area contributed by atoms with Crippen LogP contribution in [0.3, 0.4) is 0 Å². The van der Waals surface area contributed by atoms with Gasteiger partial charge in [-0.2, -0.15) is 0 Å². The Hall–Kier alpha value is -8.88. The largest absolute Gasteiger partial charge is 1.00 e. The number of aromatic hydroxyl groups is 1. The number of phenols is 1. The first kappa shape index (κ1) is 102. The number of aliphatic hydroxyl groups is 1. The summed E-state index contributed by atoms with van der Waals surface area (Å²) in [6, 6.07) is 3.79. The summed E-state index contributed by atoms with van der Waals surface area (Å²) in [5.41, 5.74) is 32.6. The molecule has 3 fully saturated rings. The van der Waals surface area contributed by atoms with Gasteiger partial charge in [-0.1, -0.05) is 143 Å². The van der Waals surface area contributed by atoms with Crippen LogP contribution in [0.15, 0.2) is 69.3 Å². The van der Waals surface area contributed by atoms with Gasteiger partial charge in [-0.25, -0.2) is 4.79 Å². The lowest BCUT2D eigenvalue weighted by Gasteiger charge is -2.45. The van der Waals surface area contributed by atoms with E-state index in [0.717, 1.165) is 23.6 Å². The SMILES string of the molecule is CC=O.CCCC[C@@H](NC(=O)[C@H](N)CCCN=C(N)N)C(=O)N[C@H](CCCC)C(=O)N[C@H](CCCC)C(=O)N[C@H](CCCN=C(N)N)C(=O)N[C@H](CCCC)C(=O)N[C@H](CCCC)C(=O)N[C@H](CCCC)C(=O)NCC(=O)N[C@H](Cc1ccc(O)cc1)C(N)=O.C[N+]1(C)C2CC(OC(=O)C(O)(c3cccs3)c3cccs3)CC1C1OC12.[Br-]. The molecule has 3 aliphatic heterocycles. The van der Waals surface area contributed by atoms with E-state index in [1.54, 1.807) is 24.3 Å². The van der Waals surface area contributed by atoms with Crippen LogP contribution in [0.2, 0.25) is 0 Å². The highest BCUT2D eigenvalue weighted by molar-refractivity contribution is 7.12. The highest BCUT2D eigenvalue weighted by atomic mass is 79.9. The Morgan fingerprint density at radius 2 is 0.855 bits per heavy atom. The molecule has 13 atom stereocenters. The summed E-state index contributed by atoms with van der Waals surface area (Å²) in [7, 11) is 4.49. The van der Waals surface area contributed by atoms with Crippen LogP contribution in [0.1, 0.15) is 218 Å². The van der Waals surface area contributed by atoms with Gasteiger partial charge < -0.3 is 128 Å². The first-order valence-electron chi connectivity index (χ1n) is 40.8. The van der Waals surface area contributed by atoms with Crippen LogP contribution < -0.4 is 99.2 Å². The van der Waals surface area contributed by atoms with Crippen LogP contribution in [0.25, 0.3) is 0 Å². The Morgan fingerprint density at radius 1 is 0.521 bits per heavy atom. The topological polar surface area (TPSA) is 556 Å². The van der Waals surface area contributed by atoms with Gasteiger partial charge in [-0.3, -0.25) is 57.9 Å². The number of morpholine rings is 1. The number of nitrogens with two attached hydrogens (primary N) is 6. The molecule has 4 unspecified atom stereocenters. The van der Waals surface area contributed by atoms with Crippen molar-refractivity contribution >= 4 is 106 Å². The molecule has 1 aromatic carbocycles. The Balaban J connectivity index is 0.000000966. The van der Waals surface area contributed by atoms with E-state index in [0.29, 0.717) is 123 Å². The second-order valence-electron chi connectivity index (χ2n) is 30.1. The molecule has 2 bridgehead atoms. The highest BCUT2D eigenvalue weighted by Crippen LogP contribution is 2.52. The molecular formula is C80H131BrN18O16S2. The molecule has 34 nitrogen and oxygen atoms in total. The fourth-order valence-corrected chi connectivity index (χ4v) is 15.6. The zero-order chi connectivity index (χ0) is 86.1. The molecule has 37 heteroatoms. The summed E-state index contributed by atoms with van der Waals surface area (Å²) < 4.78 is 12.6. The van der Waals surface area contributed by atoms with E-state index in [1.807, 2.05) is 64.4 Å². The number of rotatable bonds is 51. The maximum Gasteiger partial charge on any atom is 0.349 e. The van der Waals surface area contributed by atoms with Crippen molar-refractivity contribution in [3.05, 3.63) is 74.6 Å². The summed E-state index contributed by atoms with van der Waals surface area (Å²) in [6.45, 7) is 12.7. The number of amides is 10. The van der Waals surface area contributed by atoms with Crippen molar-refractivity contribution in [1.82, 2.24) is 47.9 Å². The number of fused-ring (bicyclic) bond motifs is 5. The Labute approximate surface area is 706 Å². The number of carbonyl (C=O) groups excluding carboxylic acids is 12. The third kappa shape index (κ3) is 34.2. The predicted molar refractivity (Wildman–Crippen MR) is 445 cm³/mol. The van der Waals surface area contributed by atoms with Crippen LogP contribution in [-0.4, -0.2) is 216 Å². The number of quaternary nitrogens is 1. The normalized spacial score (nSPS) is 18.2. The van der Waals surface area contributed by atoms with Gasteiger partial charge in [0.2, 0.25) is 64.7 Å². The summed E-state index contributed by atoms with van der Waals surface area (Å²) >= 11 is 2.74. The van der Waals surface area contributed by atoms with Gasteiger partial charge in [0, 0.05) is 32.4 Å². The highest BCUT2D eigenvalue weighted by Gasteiger charge is 2.71. The third-order valence-corrected chi connectivity index (χ3v) is 22.6. The van der Waals surface area contributed by atoms with Crippen LogP contribution in [0.5, 0.6) is 5.75 Å². The number of guanidine groups is 2. The number of esters is 1. The number of phenolic OH excluding ortho intramolecular Hbond substituents is 1. The number of halogens is 1. The number of aliphatic imine (C=N–C) groups is 2. The number of nitrogens with one attached hydrogen (secondary N) is 9. The molecule has 23 N–H and O–H groups in total. The van der Waals surface area contributed by atoms with Crippen molar-refractivity contribution in [2.24, 2.45) is 44.4 Å². The van der Waals surface area contributed by atoms with E-state index < -0.39 is 132 Å². The molecule has 3 saturated heterocycles. The summed E-state index contributed by atoms with van der Waals surface area (Å²) in [5, 5.41) is 49.2. The number of piperidine rings is 1. The first-order valence-corrected chi connectivity index (χ1v) is 42.6. The molecule has 3 aliphatic rings. The lowest BCUT2D eigenvalue weighted by molar-refractivity contribution is -0.938. The van der Waals surface area contributed by atoms with Gasteiger partial charge in [-0.15, -0.1) is 22.7 Å². The minimum absolute atomic E-state index is 0. The first-order chi connectivity index (χ1) is 55.3. The van der Waals surface area contributed by atoms with Gasteiger partial charge in [0.15, 0.2) is 11.9 Å². The van der Waals surface area contributed by atoms with Crippen molar-refractivity contribution in [3.63, 3.8) is 0 Å². The number of ether oxygens (including phenoxy) is 2. The lowest BCUT2D eigenvalue weighted by atomic mass is 9.95. The average Bonchev–Trinajstić information content (AvgIpc) is 1.53. The lowest BCUT2D eigenvalue weighted by Crippen LogP contribution is -3.00. The Morgan fingerprint density at radius 3 is 1.18 bits per heavy atom. The fraction of sp³-hybridized carbons (Fsp3) is 0.650. The maximum atomic E-state index is 14.5. The van der Waals surface area contributed by atoms with Crippen molar-refractivity contribution < 1.29 is 98.7 Å². The number of epoxide rings is 1. The number of hydrogen-bond donors (Lipinski definition) is 17. The van der Waals surface area contributed by atoms with Gasteiger partial charge in [0.25, 0.3) is 0 Å². The third-order valence-electron chi connectivity index (χ3n) is 20.6. The van der Waals surface area contributed by atoms with Gasteiger partial charge >= 0.3 is 5.97 Å². The Bertz CT molecular complexity index is 3590. The predicted octanol–water partition coefficient (Wildman–Crippen LogP) is -0.455. The van der Waals surface area contributed by atoms with E-state index in [4.69, 9.17) is 48.7 Å². The maximum absolute atomic E-state index is 14.5. The van der Waals surface area contributed by atoms with Crippen LogP contribution >= 0.6 is 22.7 Å². The van der Waals surface area contributed by atoms with Crippen molar-refractivity contribution in [2.45, 2.75) is 299 Å². The summed E-state index contributed by atoms with van der Waals surface area (Å²) in [6.07, 6.45) is 11.7. The molecule has 117 heavy (non-hydrogen) atoms. The van der Waals surface area contributed by atoms with Crippen molar-refractivity contribution in [3.8, 4) is 5.75 Å². The molecule has 656 valence electrons. The van der Waals surface area contributed by atoms with E-state index >= 15 is 0 Å². The number of aldehydes is 1. The number of carbonyl (C=O) groups is 12. The Kier molecular flexibility index (Phi) is 46.8. The average molecular weight is 1750 g/mol. The van der Waals surface area contributed by atoms with Crippen molar-refractivity contribution in [2.75, 3.05) is 33.7 Å². The quantitative estimate of drug-likeness (QED) is 0.00647. The van der Waals surface area contributed by atoms with E-state index in [2.05, 4.69) is 71.9 Å². The molecule has 5 heterocycles. The number of nitrogens with zero attached hydrogens (tertiary/aromatic N) is 3. The molecule has 10 amide bonds. The van der Waals surface area contributed by atoms with Gasteiger partial charge in [0.1, 0.15) is 90.8 Å². The number of unbranched alkanes of at least 4 members (excludes halogenated alkanes) is 6. The zero-order valence-corrected chi connectivity index (χ0v) is 72.6. The summed E-state index contributed by atoms with van der Waals surface area (Å²) in [5.74, 6) is -7.72. The van der Waals surface area contributed by atoms with Crippen LogP contribution in [0.4, 0.5) is 0 Å². The number of thiophene rings is 2. The number of hydrogen-bond acceptors (Lipinski definition) is 21. The molecule has 0 saturated carbocycles. The number of benzene rings is 1. The van der Waals surface area contributed by atoms with Crippen LogP contribution in [0, 0.1) is 0 Å². The molecule has 0 spiro atoms. The van der Waals surface area contributed by atoms with Gasteiger partial charge in [-0.05, 0) is 112 Å². The zero-order valence-electron chi connectivity index (χ0n) is 69.3. The van der Waals surface area contributed by atoms with Crippen LogP contribution in [-0.2, 0) is 79.0 Å². The molecular weight excluding hydrogens is 1610 g/mol. The van der Waals surface area contributed by atoms with E-state index in [-0.39, 0.29) is 118 Å². The minimum Gasteiger partial charge on any atom is -1.00 e. The molecule has 2 aromatic heterocycles. The molecule has 3 aromatic rings. The van der Waals surface area contributed by atoms with E-state index in [1.165, 1.54) is 41.7 Å². The van der Waals surface area contributed by atoms with Gasteiger partial charge in [0.05, 0.1) is 36.4 Å². The minimum atomic E-state index is -1.72. The number of primary amides is 1. The second-order valence-corrected chi connectivity index (χ2v) is 32.0.